The molecule has 2 aromatic rings. The predicted molar refractivity (Wildman–Crippen MR) is 97.7 cm³/mol. The first-order valence-corrected chi connectivity index (χ1v) is 7.96. The number of anilines is 1. The van der Waals surface area contributed by atoms with Gasteiger partial charge in [0.15, 0.2) is 5.75 Å². The number of ether oxygens (including phenoxy) is 1. The molecule has 0 heterocycles. The fourth-order valence-electron chi connectivity index (χ4n) is 2.11. The molecule has 0 aliphatic rings. The summed E-state index contributed by atoms with van der Waals surface area (Å²) in [6, 6.07) is 12.0. The first-order valence-electron chi connectivity index (χ1n) is 7.96. The van der Waals surface area contributed by atoms with E-state index in [0.717, 1.165) is 12.0 Å². The average Bonchev–Trinajstić information content (AvgIpc) is 2.60. The van der Waals surface area contributed by atoms with Crippen LogP contribution in [0.5, 0.6) is 5.75 Å². The van der Waals surface area contributed by atoms with Gasteiger partial charge in [-0.05, 0) is 43.2 Å². The van der Waals surface area contributed by atoms with Crippen molar-refractivity contribution in [3.05, 3.63) is 69.8 Å². The molecule has 0 saturated heterocycles. The van der Waals surface area contributed by atoms with E-state index in [0.29, 0.717) is 17.9 Å². The molecule has 0 fully saturated rings. The maximum absolute atomic E-state index is 11.9. The van der Waals surface area contributed by atoms with Crippen molar-refractivity contribution in [2.24, 2.45) is 0 Å². The Morgan fingerprint density at radius 3 is 2.60 bits per heavy atom. The zero-order valence-electron chi connectivity index (χ0n) is 14.2. The van der Waals surface area contributed by atoms with Crippen molar-refractivity contribution in [3.63, 3.8) is 0 Å². The third kappa shape index (κ3) is 5.46. The Labute approximate surface area is 146 Å². The van der Waals surface area contributed by atoms with Crippen molar-refractivity contribution >= 4 is 23.4 Å². The molecule has 0 saturated carbocycles. The molecular weight excluding hydrogens is 320 g/mol. The second-order valence-corrected chi connectivity index (χ2v) is 5.52. The summed E-state index contributed by atoms with van der Waals surface area (Å²) in [6.45, 7) is 4.30. The summed E-state index contributed by atoms with van der Waals surface area (Å²) in [5.74, 6) is -0.0778. The van der Waals surface area contributed by atoms with Gasteiger partial charge in [0.1, 0.15) is 0 Å². The van der Waals surface area contributed by atoms with Crippen LogP contribution < -0.4 is 10.1 Å². The summed E-state index contributed by atoms with van der Waals surface area (Å²) in [6.07, 6.45) is 3.63. The lowest BCUT2D eigenvalue weighted by atomic mass is 10.1. The van der Waals surface area contributed by atoms with E-state index in [-0.39, 0.29) is 17.3 Å². The monoisotopic (exact) mass is 340 g/mol. The molecule has 25 heavy (non-hydrogen) atoms. The van der Waals surface area contributed by atoms with E-state index in [1.54, 1.807) is 12.1 Å². The first-order chi connectivity index (χ1) is 12.0. The van der Waals surface area contributed by atoms with Crippen LogP contribution in [0.4, 0.5) is 11.4 Å². The number of hydrogen-bond donors (Lipinski definition) is 1. The van der Waals surface area contributed by atoms with Crippen molar-refractivity contribution in [2.75, 3.05) is 11.9 Å². The summed E-state index contributed by atoms with van der Waals surface area (Å²) in [5.41, 5.74) is 2.23. The number of carbonyl (C=O) groups is 1. The summed E-state index contributed by atoms with van der Waals surface area (Å²) in [7, 11) is 0. The maximum Gasteiger partial charge on any atom is 0.311 e. The molecule has 130 valence electrons. The molecule has 0 spiro atoms. The van der Waals surface area contributed by atoms with E-state index in [9.17, 15) is 14.9 Å². The van der Waals surface area contributed by atoms with E-state index in [1.165, 1.54) is 18.2 Å². The molecule has 6 nitrogen and oxygen atoms in total. The average molecular weight is 340 g/mol. The van der Waals surface area contributed by atoms with Crippen molar-refractivity contribution < 1.29 is 14.5 Å². The molecule has 0 radical (unpaired) electrons. The number of nitrogens with zero attached hydrogens (tertiary/aromatic N) is 1. The van der Waals surface area contributed by atoms with Crippen LogP contribution in [-0.2, 0) is 4.79 Å². The minimum atomic E-state index is -0.491. The quantitative estimate of drug-likeness (QED) is 0.462. The van der Waals surface area contributed by atoms with Crippen molar-refractivity contribution in [1.82, 2.24) is 0 Å². The highest BCUT2D eigenvalue weighted by Crippen LogP contribution is 2.28. The van der Waals surface area contributed by atoms with E-state index in [2.05, 4.69) is 5.32 Å². The Morgan fingerprint density at radius 1 is 1.24 bits per heavy atom. The number of nitrogens with one attached hydrogen (secondary N) is 1. The fourth-order valence-corrected chi connectivity index (χ4v) is 2.11. The molecule has 1 amide bonds. The zero-order valence-corrected chi connectivity index (χ0v) is 14.2. The van der Waals surface area contributed by atoms with Crippen LogP contribution in [0.2, 0.25) is 0 Å². The Bertz CT molecular complexity index is 783. The fraction of sp³-hybridized carbons (Fsp3) is 0.211. The molecule has 0 aliphatic heterocycles. The number of benzene rings is 2. The molecule has 2 aromatic carbocycles. The van der Waals surface area contributed by atoms with Gasteiger partial charge in [-0.3, -0.25) is 14.9 Å². The van der Waals surface area contributed by atoms with Crippen LogP contribution in [0.15, 0.2) is 48.5 Å². The van der Waals surface area contributed by atoms with Crippen molar-refractivity contribution in [3.8, 4) is 5.75 Å². The predicted octanol–water partition coefficient (Wildman–Crippen LogP) is 4.34. The van der Waals surface area contributed by atoms with Crippen LogP contribution >= 0.6 is 0 Å². The van der Waals surface area contributed by atoms with Gasteiger partial charge >= 0.3 is 5.69 Å². The molecule has 6 heteroatoms. The molecule has 0 atom stereocenters. The minimum Gasteiger partial charge on any atom is -0.487 e. The SMILES string of the molecule is CCCOc1ccc(/C=C/C(=O)Nc2ccc(C)cc2)cc1[N+](=O)[O-]. The molecule has 2 rings (SSSR count). The second kappa shape index (κ2) is 8.63. The highest BCUT2D eigenvalue weighted by atomic mass is 16.6. The molecular formula is C19H20N2O4. The third-order valence-electron chi connectivity index (χ3n) is 3.39. The number of amides is 1. The van der Waals surface area contributed by atoms with Crippen LogP contribution in [0.25, 0.3) is 6.08 Å². The standard InChI is InChI=1S/C19H20N2O4/c1-3-12-25-18-10-6-15(13-17(18)21(23)24)7-11-19(22)20-16-8-4-14(2)5-9-16/h4-11,13H,3,12H2,1-2H3,(H,20,22)/b11-7+. The lowest BCUT2D eigenvalue weighted by molar-refractivity contribution is -0.385. The van der Waals surface area contributed by atoms with Crippen molar-refractivity contribution in [2.45, 2.75) is 20.3 Å². The van der Waals surface area contributed by atoms with Gasteiger partial charge in [-0.25, -0.2) is 0 Å². The minimum absolute atomic E-state index is 0.116. The van der Waals surface area contributed by atoms with Gasteiger partial charge in [0.25, 0.3) is 0 Å². The lowest BCUT2D eigenvalue weighted by Gasteiger charge is -2.06. The number of nitro groups is 1. The molecule has 0 unspecified atom stereocenters. The van der Waals surface area contributed by atoms with Gasteiger partial charge in [0.2, 0.25) is 5.91 Å². The lowest BCUT2D eigenvalue weighted by Crippen LogP contribution is -2.07. The summed E-state index contributed by atoms with van der Waals surface area (Å²) >= 11 is 0. The third-order valence-corrected chi connectivity index (χ3v) is 3.39. The molecule has 0 bridgehead atoms. The van der Waals surface area contributed by atoms with Gasteiger partial charge in [-0.15, -0.1) is 0 Å². The number of carbonyl (C=O) groups excluding carboxylic acids is 1. The smallest absolute Gasteiger partial charge is 0.311 e. The molecule has 0 aromatic heterocycles. The van der Waals surface area contributed by atoms with Crippen LogP contribution in [0.1, 0.15) is 24.5 Å². The highest BCUT2D eigenvalue weighted by molar-refractivity contribution is 6.01. The second-order valence-electron chi connectivity index (χ2n) is 5.52. The largest absolute Gasteiger partial charge is 0.487 e. The topological polar surface area (TPSA) is 81.5 Å². The Morgan fingerprint density at radius 2 is 1.96 bits per heavy atom. The Kier molecular flexibility index (Phi) is 6.28. The van der Waals surface area contributed by atoms with E-state index < -0.39 is 4.92 Å². The van der Waals surface area contributed by atoms with E-state index in [1.807, 2.05) is 38.1 Å². The van der Waals surface area contributed by atoms with Gasteiger partial charge in [0, 0.05) is 17.8 Å². The van der Waals surface area contributed by atoms with Gasteiger partial charge in [0.05, 0.1) is 11.5 Å². The zero-order chi connectivity index (χ0) is 18.2. The Balaban J connectivity index is 2.09. The Hall–Kier alpha value is -3.15. The van der Waals surface area contributed by atoms with Crippen LogP contribution in [-0.4, -0.2) is 17.4 Å². The van der Waals surface area contributed by atoms with E-state index >= 15 is 0 Å². The summed E-state index contributed by atoms with van der Waals surface area (Å²) in [4.78, 5) is 22.6. The number of hydrogen-bond acceptors (Lipinski definition) is 4. The summed E-state index contributed by atoms with van der Waals surface area (Å²) in [5, 5.41) is 13.9. The molecule has 0 aliphatic carbocycles. The van der Waals surface area contributed by atoms with Gasteiger partial charge in [-0.1, -0.05) is 30.7 Å². The number of nitro benzene ring substituents is 1. The number of aryl methyl sites for hydroxylation is 1. The maximum atomic E-state index is 11.9. The summed E-state index contributed by atoms with van der Waals surface area (Å²) < 4.78 is 5.37. The van der Waals surface area contributed by atoms with Crippen LogP contribution in [0, 0.1) is 17.0 Å². The van der Waals surface area contributed by atoms with Gasteiger partial charge in [-0.2, -0.15) is 0 Å². The normalized spacial score (nSPS) is 10.6. The van der Waals surface area contributed by atoms with Crippen molar-refractivity contribution in [1.29, 1.82) is 0 Å². The highest BCUT2D eigenvalue weighted by Gasteiger charge is 2.15. The van der Waals surface area contributed by atoms with Gasteiger partial charge < -0.3 is 10.1 Å². The van der Waals surface area contributed by atoms with Crippen LogP contribution in [0.3, 0.4) is 0 Å². The molecule has 1 N–H and O–H groups in total. The first kappa shape index (κ1) is 18.2. The number of rotatable bonds is 7. The van der Waals surface area contributed by atoms with E-state index in [4.69, 9.17) is 4.74 Å².